The van der Waals surface area contributed by atoms with E-state index in [1.807, 2.05) is 65.2 Å². The molecule has 0 aliphatic heterocycles. The Morgan fingerprint density at radius 2 is 1.48 bits per heavy atom. The van der Waals surface area contributed by atoms with E-state index in [1.165, 1.54) is 6.07 Å². The van der Waals surface area contributed by atoms with Crippen LogP contribution in [0.15, 0.2) is 111 Å². The molecule has 0 aliphatic rings. The Morgan fingerprint density at radius 1 is 0.826 bits per heavy atom. The highest BCUT2D eigenvalue weighted by atomic mass is 16.5. The minimum atomic E-state index is -0.741. The van der Waals surface area contributed by atoms with E-state index in [0.717, 1.165) is 24.3 Å². The van der Waals surface area contributed by atoms with Crippen LogP contribution in [0, 0.1) is 0 Å². The second-order valence-corrected chi connectivity index (χ2v) is 10.9. The highest BCUT2D eigenvalue weighted by Crippen LogP contribution is 2.23. The van der Waals surface area contributed by atoms with Gasteiger partial charge in [0.25, 0.3) is 0 Å². The van der Waals surface area contributed by atoms with Gasteiger partial charge in [-0.15, -0.1) is 0 Å². The highest BCUT2D eigenvalue weighted by Gasteiger charge is 2.17. The fraction of sp³-hybridized carbons (Fsp3) is 0.189. The molecule has 0 aliphatic carbocycles. The number of para-hydroxylation sites is 2. The molecule has 0 atom stereocenters. The molecule has 4 aromatic carbocycles. The number of ether oxygens (including phenoxy) is 1. The Kier molecular flexibility index (Phi) is 8.65. The Hall–Kier alpha value is -5.70. The monoisotopic (exact) mass is 615 g/mol. The van der Waals surface area contributed by atoms with Crippen LogP contribution in [0.2, 0.25) is 0 Å². The summed E-state index contributed by atoms with van der Waals surface area (Å²) in [4.78, 5) is 53.5. The summed E-state index contributed by atoms with van der Waals surface area (Å²) in [6.07, 6.45) is 0.418. The minimum Gasteiger partial charge on any atom is -0.462 e. The molecule has 0 bridgehead atoms. The topological polar surface area (TPSA) is 111 Å². The third-order valence-corrected chi connectivity index (χ3v) is 8.11. The number of amides is 1. The van der Waals surface area contributed by atoms with E-state index < -0.39 is 11.6 Å². The minimum absolute atomic E-state index is 0.0266. The van der Waals surface area contributed by atoms with Crippen molar-refractivity contribution in [3.8, 4) is 0 Å². The first-order valence-electron chi connectivity index (χ1n) is 15.2. The van der Waals surface area contributed by atoms with Gasteiger partial charge in [-0.05, 0) is 74.0 Å². The zero-order valence-electron chi connectivity index (χ0n) is 25.6. The molecule has 6 rings (SSSR count). The van der Waals surface area contributed by atoms with Crippen LogP contribution in [-0.4, -0.2) is 36.1 Å². The van der Waals surface area contributed by atoms with Gasteiger partial charge in [0.2, 0.25) is 5.91 Å². The fourth-order valence-corrected chi connectivity index (χ4v) is 5.71. The Balaban J connectivity index is 1.07. The van der Waals surface area contributed by atoms with Crippen LogP contribution in [0.5, 0.6) is 0 Å². The molecule has 0 spiro atoms. The van der Waals surface area contributed by atoms with Crippen molar-refractivity contribution in [2.75, 3.05) is 29.9 Å². The number of carbonyl (C=O) groups excluding carboxylic acids is 2. The number of esters is 1. The molecule has 46 heavy (non-hydrogen) atoms. The van der Waals surface area contributed by atoms with Crippen LogP contribution in [0.25, 0.3) is 32.8 Å². The second-order valence-electron chi connectivity index (χ2n) is 10.9. The first-order valence-corrected chi connectivity index (χ1v) is 15.2. The van der Waals surface area contributed by atoms with Crippen molar-refractivity contribution in [3.63, 3.8) is 0 Å². The number of pyridine rings is 1. The molecule has 232 valence electrons. The largest absolute Gasteiger partial charge is 0.462 e. The summed E-state index contributed by atoms with van der Waals surface area (Å²) in [6, 6.07) is 28.9. The van der Waals surface area contributed by atoms with Gasteiger partial charge >= 0.3 is 11.6 Å². The Labute approximate surface area is 264 Å². The molecular formula is C37H33N3O6. The number of benzene rings is 4. The molecule has 1 N–H and O–H groups in total. The molecule has 0 fully saturated rings. The van der Waals surface area contributed by atoms with Gasteiger partial charge in [-0.1, -0.05) is 36.4 Å². The third-order valence-electron chi connectivity index (χ3n) is 8.11. The summed E-state index contributed by atoms with van der Waals surface area (Å²) in [6.45, 7) is 5.84. The number of hydrogen-bond acceptors (Lipinski definition) is 7. The van der Waals surface area contributed by atoms with Gasteiger partial charge in [0, 0.05) is 53.1 Å². The number of nitrogens with one attached hydrogen (secondary N) is 1. The summed E-state index contributed by atoms with van der Waals surface area (Å²) in [5.74, 6) is -0.978. The second kappa shape index (κ2) is 13.1. The van der Waals surface area contributed by atoms with Gasteiger partial charge in [-0.2, -0.15) is 0 Å². The van der Waals surface area contributed by atoms with Crippen LogP contribution in [-0.2, 0) is 22.5 Å². The standard InChI is InChI=1S/C37H33N3O6/c1-3-39(4-2)27-18-15-25-21-30(37(44)46-33(25)22-27)36(43)45-20-19-24-13-16-26(17-14-24)38-34(41)23-40-31-11-7-5-9-28(31)35(42)29-10-6-8-12-32(29)40/h5-18,21-22H,3-4,19-20,23H2,1-2H3,(H,38,41). The van der Waals surface area contributed by atoms with Gasteiger partial charge in [0.1, 0.15) is 17.7 Å². The van der Waals surface area contributed by atoms with Crippen LogP contribution in [0.1, 0.15) is 29.8 Å². The molecule has 0 saturated heterocycles. The molecule has 0 unspecified atom stereocenters. The van der Waals surface area contributed by atoms with E-state index in [4.69, 9.17) is 9.15 Å². The number of fused-ring (bicyclic) bond motifs is 3. The molecule has 0 saturated carbocycles. The molecule has 2 heterocycles. The van der Waals surface area contributed by atoms with Crippen molar-refractivity contribution in [3.05, 3.63) is 129 Å². The van der Waals surface area contributed by atoms with Crippen molar-refractivity contribution >= 4 is 56.0 Å². The van der Waals surface area contributed by atoms with Crippen molar-refractivity contribution in [1.82, 2.24) is 4.57 Å². The van der Waals surface area contributed by atoms with Crippen LogP contribution < -0.4 is 21.3 Å². The number of anilines is 2. The zero-order valence-corrected chi connectivity index (χ0v) is 25.6. The molecule has 9 nitrogen and oxygen atoms in total. The lowest BCUT2D eigenvalue weighted by Gasteiger charge is -2.20. The first-order chi connectivity index (χ1) is 22.4. The Morgan fingerprint density at radius 3 is 2.13 bits per heavy atom. The van der Waals surface area contributed by atoms with Crippen LogP contribution in [0.4, 0.5) is 11.4 Å². The SMILES string of the molecule is CCN(CC)c1ccc2cc(C(=O)OCCc3ccc(NC(=O)Cn4c5ccccc5c(=O)c5ccccc54)cc3)c(=O)oc2c1. The number of hydrogen-bond donors (Lipinski definition) is 1. The summed E-state index contributed by atoms with van der Waals surface area (Å²) < 4.78 is 12.7. The number of carbonyl (C=O) groups is 2. The lowest BCUT2D eigenvalue weighted by Crippen LogP contribution is -2.21. The molecule has 0 radical (unpaired) electrons. The van der Waals surface area contributed by atoms with Gasteiger partial charge in [-0.3, -0.25) is 9.59 Å². The maximum absolute atomic E-state index is 13.1. The van der Waals surface area contributed by atoms with Gasteiger partial charge < -0.3 is 23.9 Å². The third kappa shape index (κ3) is 6.12. The van der Waals surface area contributed by atoms with Crippen molar-refractivity contribution in [2.45, 2.75) is 26.8 Å². The molecular weight excluding hydrogens is 582 g/mol. The average molecular weight is 616 g/mol. The lowest BCUT2D eigenvalue weighted by atomic mass is 10.1. The van der Waals surface area contributed by atoms with Crippen molar-refractivity contribution < 1.29 is 18.7 Å². The van der Waals surface area contributed by atoms with E-state index in [0.29, 0.717) is 44.9 Å². The number of rotatable bonds is 10. The summed E-state index contributed by atoms with van der Waals surface area (Å²) >= 11 is 0. The van der Waals surface area contributed by atoms with E-state index in [2.05, 4.69) is 24.1 Å². The Bertz CT molecular complexity index is 2140. The number of aromatic nitrogens is 1. The average Bonchev–Trinajstić information content (AvgIpc) is 3.07. The van der Waals surface area contributed by atoms with Gasteiger partial charge in [0.05, 0.1) is 17.6 Å². The van der Waals surface area contributed by atoms with E-state index in [-0.39, 0.29) is 30.1 Å². The van der Waals surface area contributed by atoms with Crippen molar-refractivity contribution in [1.29, 1.82) is 0 Å². The van der Waals surface area contributed by atoms with E-state index in [9.17, 15) is 19.2 Å². The maximum atomic E-state index is 13.1. The molecule has 1 amide bonds. The predicted molar refractivity (Wildman–Crippen MR) is 181 cm³/mol. The molecule has 9 heteroatoms. The number of nitrogens with zero attached hydrogens (tertiary/aromatic N) is 2. The molecule has 2 aromatic heterocycles. The van der Waals surface area contributed by atoms with Gasteiger partial charge in [0.15, 0.2) is 5.43 Å². The lowest BCUT2D eigenvalue weighted by molar-refractivity contribution is -0.116. The highest BCUT2D eigenvalue weighted by molar-refractivity contribution is 5.97. The normalized spacial score (nSPS) is 11.2. The smallest absolute Gasteiger partial charge is 0.351 e. The summed E-state index contributed by atoms with van der Waals surface area (Å²) in [7, 11) is 0. The van der Waals surface area contributed by atoms with Gasteiger partial charge in [-0.25, -0.2) is 9.59 Å². The molecule has 6 aromatic rings. The fourth-order valence-electron chi connectivity index (χ4n) is 5.71. The summed E-state index contributed by atoms with van der Waals surface area (Å²) in [5, 5.41) is 4.68. The van der Waals surface area contributed by atoms with E-state index >= 15 is 0 Å². The maximum Gasteiger partial charge on any atom is 0.351 e. The summed E-state index contributed by atoms with van der Waals surface area (Å²) in [5.41, 5.74) is 3.29. The van der Waals surface area contributed by atoms with Crippen LogP contribution >= 0.6 is 0 Å². The quantitative estimate of drug-likeness (QED) is 0.112. The zero-order chi connectivity index (χ0) is 32.2. The predicted octanol–water partition coefficient (Wildman–Crippen LogP) is 6.15. The van der Waals surface area contributed by atoms with E-state index in [1.54, 1.807) is 30.3 Å². The first kappa shape index (κ1) is 30.3. The van der Waals surface area contributed by atoms with Crippen LogP contribution in [0.3, 0.4) is 0 Å². The van der Waals surface area contributed by atoms with Crippen molar-refractivity contribution in [2.24, 2.45) is 0 Å².